The largest absolute Gasteiger partial charge is 0.311 e. The molecule has 0 aliphatic heterocycles. The lowest BCUT2D eigenvalue weighted by Gasteiger charge is -2.01. The Morgan fingerprint density at radius 1 is 1.60 bits per heavy atom. The van der Waals surface area contributed by atoms with Gasteiger partial charge in [0.1, 0.15) is 11.5 Å². The van der Waals surface area contributed by atoms with Crippen LogP contribution in [0.25, 0.3) is 0 Å². The van der Waals surface area contributed by atoms with Crippen LogP contribution in [0.1, 0.15) is 17.4 Å². The maximum Gasteiger partial charge on any atom is 0.275 e. The van der Waals surface area contributed by atoms with Crippen molar-refractivity contribution in [1.29, 1.82) is 0 Å². The monoisotopic (exact) mass is 209 g/mol. The molecule has 1 aromatic heterocycles. The Morgan fingerprint density at radius 3 is 2.73 bits per heavy atom. The van der Waals surface area contributed by atoms with Crippen molar-refractivity contribution in [2.24, 2.45) is 0 Å². The number of carbonyl (C=O) groups excluding carboxylic acids is 2. The Bertz CT molecular complexity index is 430. The number of anilines is 1. The van der Waals surface area contributed by atoms with Gasteiger partial charge in [-0.15, -0.1) is 0 Å². The molecule has 0 saturated heterocycles. The van der Waals surface area contributed by atoms with E-state index in [1.807, 2.05) is 0 Å². The maximum absolute atomic E-state index is 10.7. The Labute approximate surface area is 84.3 Å². The zero-order valence-electron chi connectivity index (χ0n) is 7.76. The zero-order valence-corrected chi connectivity index (χ0v) is 7.76. The van der Waals surface area contributed by atoms with Gasteiger partial charge in [0.25, 0.3) is 5.69 Å². The van der Waals surface area contributed by atoms with Crippen molar-refractivity contribution in [2.45, 2.75) is 6.92 Å². The topological polar surface area (TPSA) is 102 Å². The number of nitrogens with zero attached hydrogens (tertiary/aromatic N) is 2. The Morgan fingerprint density at radius 2 is 2.27 bits per heavy atom. The van der Waals surface area contributed by atoms with Gasteiger partial charge in [-0.2, -0.15) is 0 Å². The molecule has 78 valence electrons. The summed E-state index contributed by atoms with van der Waals surface area (Å²) < 4.78 is 0. The van der Waals surface area contributed by atoms with Crippen molar-refractivity contribution in [2.75, 3.05) is 5.32 Å². The van der Waals surface area contributed by atoms with Gasteiger partial charge in [-0.1, -0.05) is 0 Å². The third-order valence-corrected chi connectivity index (χ3v) is 1.47. The van der Waals surface area contributed by atoms with Gasteiger partial charge in [-0.05, 0) is 0 Å². The summed E-state index contributed by atoms with van der Waals surface area (Å²) in [5.41, 5.74) is -0.399. The fourth-order valence-electron chi connectivity index (χ4n) is 0.947. The van der Waals surface area contributed by atoms with E-state index in [4.69, 9.17) is 0 Å². The number of amides is 1. The van der Waals surface area contributed by atoms with E-state index in [0.717, 1.165) is 12.1 Å². The van der Waals surface area contributed by atoms with Gasteiger partial charge in [-0.3, -0.25) is 19.7 Å². The van der Waals surface area contributed by atoms with Crippen LogP contribution in [0.5, 0.6) is 0 Å². The number of hydrogen-bond donors (Lipinski definition) is 1. The summed E-state index contributed by atoms with van der Waals surface area (Å²) in [6, 6.07) is 2.10. The number of aromatic nitrogens is 1. The molecular formula is C8H7N3O4. The van der Waals surface area contributed by atoms with Gasteiger partial charge in [0, 0.05) is 13.0 Å². The number of nitro groups is 1. The fourth-order valence-corrected chi connectivity index (χ4v) is 0.947. The lowest BCUT2D eigenvalue weighted by Crippen LogP contribution is -2.08. The molecule has 0 bridgehead atoms. The molecule has 1 rings (SSSR count). The predicted molar refractivity (Wildman–Crippen MR) is 50.6 cm³/mol. The first kappa shape index (κ1) is 10.8. The fraction of sp³-hybridized carbons (Fsp3) is 0.125. The van der Waals surface area contributed by atoms with Gasteiger partial charge in [0.15, 0.2) is 6.29 Å². The number of hydrogen-bond acceptors (Lipinski definition) is 5. The minimum Gasteiger partial charge on any atom is -0.311 e. The van der Waals surface area contributed by atoms with E-state index in [1.54, 1.807) is 0 Å². The van der Waals surface area contributed by atoms with E-state index in [-0.39, 0.29) is 17.2 Å². The van der Waals surface area contributed by atoms with Crippen molar-refractivity contribution in [3.63, 3.8) is 0 Å². The van der Waals surface area contributed by atoms with Gasteiger partial charge < -0.3 is 5.32 Å². The van der Waals surface area contributed by atoms with Crippen LogP contribution in [0.15, 0.2) is 12.1 Å². The average Bonchev–Trinajstić information content (AvgIpc) is 2.16. The highest BCUT2D eigenvalue weighted by Crippen LogP contribution is 2.16. The Kier molecular flexibility index (Phi) is 3.06. The summed E-state index contributed by atoms with van der Waals surface area (Å²) >= 11 is 0. The average molecular weight is 209 g/mol. The number of carbonyl (C=O) groups is 2. The summed E-state index contributed by atoms with van der Waals surface area (Å²) in [6.45, 7) is 1.24. The molecule has 0 fully saturated rings. The van der Waals surface area contributed by atoms with Gasteiger partial charge in [0.05, 0.1) is 11.0 Å². The summed E-state index contributed by atoms with van der Waals surface area (Å²) in [6.07, 6.45) is 0.373. The van der Waals surface area contributed by atoms with Crippen LogP contribution >= 0.6 is 0 Å². The summed E-state index contributed by atoms with van der Waals surface area (Å²) in [4.78, 5) is 34.6. The number of pyridine rings is 1. The molecule has 7 heteroatoms. The molecule has 0 aliphatic carbocycles. The molecule has 0 aromatic carbocycles. The van der Waals surface area contributed by atoms with E-state index in [2.05, 4.69) is 10.3 Å². The van der Waals surface area contributed by atoms with Crippen LogP contribution in [0.3, 0.4) is 0 Å². The van der Waals surface area contributed by atoms with Crippen LogP contribution in [-0.2, 0) is 4.79 Å². The highest BCUT2D eigenvalue weighted by atomic mass is 16.6. The zero-order chi connectivity index (χ0) is 11.4. The lowest BCUT2D eigenvalue weighted by molar-refractivity contribution is -0.384. The van der Waals surface area contributed by atoms with Gasteiger partial charge in [0.2, 0.25) is 5.91 Å². The van der Waals surface area contributed by atoms with Gasteiger partial charge in [-0.25, -0.2) is 4.98 Å². The van der Waals surface area contributed by atoms with Crippen molar-refractivity contribution in [3.8, 4) is 0 Å². The standard InChI is InChI=1S/C8H7N3O4/c1-5(13)9-8-3-7(11(14)15)2-6(4-12)10-8/h2-4H,1H3,(H,9,10,13). The summed E-state index contributed by atoms with van der Waals surface area (Å²) in [7, 11) is 0. The van der Waals surface area contributed by atoms with Crippen LogP contribution < -0.4 is 5.32 Å². The molecule has 15 heavy (non-hydrogen) atoms. The number of rotatable bonds is 3. The first-order chi connectivity index (χ1) is 7.02. The van der Waals surface area contributed by atoms with E-state index in [9.17, 15) is 19.7 Å². The van der Waals surface area contributed by atoms with Crippen LogP contribution in [0, 0.1) is 10.1 Å². The van der Waals surface area contributed by atoms with Crippen molar-refractivity contribution in [3.05, 3.63) is 27.9 Å². The third kappa shape index (κ3) is 2.83. The summed E-state index contributed by atoms with van der Waals surface area (Å²) in [5, 5.41) is 12.7. The first-order valence-corrected chi connectivity index (χ1v) is 3.92. The number of nitrogens with one attached hydrogen (secondary N) is 1. The molecule has 0 spiro atoms. The number of aldehydes is 1. The van der Waals surface area contributed by atoms with E-state index < -0.39 is 10.8 Å². The Balaban J connectivity index is 3.16. The molecule has 7 nitrogen and oxygen atoms in total. The molecular weight excluding hydrogens is 202 g/mol. The SMILES string of the molecule is CC(=O)Nc1cc([N+](=O)[O-])cc(C=O)n1. The first-order valence-electron chi connectivity index (χ1n) is 3.92. The molecule has 0 radical (unpaired) electrons. The highest BCUT2D eigenvalue weighted by molar-refractivity contribution is 5.88. The third-order valence-electron chi connectivity index (χ3n) is 1.47. The van der Waals surface area contributed by atoms with Crippen molar-refractivity contribution < 1.29 is 14.5 Å². The second-order valence-electron chi connectivity index (χ2n) is 2.69. The van der Waals surface area contributed by atoms with E-state index >= 15 is 0 Å². The minimum absolute atomic E-state index is 0.0150. The predicted octanol–water partition coefficient (Wildman–Crippen LogP) is 0.761. The van der Waals surface area contributed by atoms with Gasteiger partial charge >= 0.3 is 0 Å². The molecule has 1 aromatic rings. The van der Waals surface area contributed by atoms with Crippen LogP contribution in [-0.4, -0.2) is 22.1 Å². The van der Waals surface area contributed by atoms with Crippen LogP contribution in [0.2, 0.25) is 0 Å². The Hall–Kier alpha value is -2.31. The van der Waals surface area contributed by atoms with Crippen molar-refractivity contribution >= 4 is 23.7 Å². The highest BCUT2D eigenvalue weighted by Gasteiger charge is 2.11. The molecule has 0 saturated carbocycles. The molecule has 0 unspecified atom stereocenters. The van der Waals surface area contributed by atoms with E-state index in [1.165, 1.54) is 6.92 Å². The maximum atomic E-state index is 10.7. The summed E-state index contributed by atoms with van der Waals surface area (Å²) in [5.74, 6) is -0.432. The normalized spacial score (nSPS) is 9.40. The molecule has 1 heterocycles. The molecule has 0 atom stereocenters. The van der Waals surface area contributed by atoms with E-state index in [0.29, 0.717) is 6.29 Å². The molecule has 0 aliphatic rings. The van der Waals surface area contributed by atoms with Crippen LogP contribution in [0.4, 0.5) is 11.5 Å². The minimum atomic E-state index is -0.667. The smallest absolute Gasteiger partial charge is 0.275 e. The quantitative estimate of drug-likeness (QED) is 0.449. The molecule has 1 N–H and O–H groups in total. The molecule has 1 amide bonds. The second kappa shape index (κ2) is 4.27. The lowest BCUT2D eigenvalue weighted by atomic mass is 10.3. The van der Waals surface area contributed by atoms with Crippen molar-refractivity contribution in [1.82, 2.24) is 4.98 Å². The second-order valence-corrected chi connectivity index (χ2v) is 2.69.